The molecule has 0 aromatic carbocycles. The van der Waals surface area contributed by atoms with Crippen LogP contribution < -0.4 is 0 Å². The van der Waals surface area contributed by atoms with E-state index in [1.807, 2.05) is 0 Å². The molecule has 0 atom stereocenters. The topological polar surface area (TPSA) is 56.6 Å². The number of amides is 1. The number of hydrogen-bond acceptors (Lipinski definition) is 4. The van der Waals surface area contributed by atoms with Crippen LogP contribution in [-0.4, -0.2) is 35.6 Å². The van der Waals surface area contributed by atoms with Crippen LogP contribution in [0.15, 0.2) is 12.4 Å². The zero-order valence-electron chi connectivity index (χ0n) is 9.81. The maximum absolute atomic E-state index is 11.4. The van der Waals surface area contributed by atoms with Gasteiger partial charge in [-0.3, -0.25) is 0 Å². The van der Waals surface area contributed by atoms with Gasteiger partial charge in [0.25, 0.3) is 0 Å². The van der Waals surface area contributed by atoms with Gasteiger partial charge in [-0.1, -0.05) is 0 Å². The summed E-state index contributed by atoms with van der Waals surface area (Å²) >= 11 is 0. The van der Waals surface area contributed by atoms with Crippen LogP contribution in [0.2, 0.25) is 0 Å². The average molecular weight is 211 g/mol. The Kier molecular flexibility index (Phi) is 4.65. The van der Waals surface area contributed by atoms with Crippen LogP contribution in [0.25, 0.3) is 0 Å². The summed E-state index contributed by atoms with van der Waals surface area (Å²) in [5, 5.41) is 8.71. The van der Waals surface area contributed by atoms with Crippen molar-refractivity contribution in [2.45, 2.75) is 26.4 Å². The van der Waals surface area contributed by atoms with Gasteiger partial charge in [-0.15, -0.1) is 0 Å². The SMILES string of the molecule is CN(C)C=CN(C#N)C(=O)OC(C)(C)C. The second-order valence-corrected chi connectivity index (χ2v) is 4.21. The Morgan fingerprint density at radius 3 is 2.20 bits per heavy atom. The van der Waals surface area contributed by atoms with Crippen molar-refractivity contribution in [3.8, 4) is 6.19 Å². The molecule has 0 N–H and O–H groups in total. The Balaban J connectivity index is 4.45. The number of rotatable bonds is 2. The van der Waals surface area contributed by atoms with E-state index in [-0.39, 0.29) is 0 Å². The van der Waals surface area contributed by atoms with E-state index in [0.29, 0.717) is 0 Å². The summed E-state index contributed by atoms with van der Waals surface area (Å²) in [5.74, 6) is 0. The molecule has 0 saturated heterocycles. The van der Waals surface area contributed by atoms with Crippen molar-refractivity contribution < 1.29 is 9.53 Å². The van der Waals surface area contributed by atoms with Crippen LogP contribution in [0.5, 0.6) is 0 Å². The van der Waals surface area contributed by atoms with Gasteiger partial charge in [0.2, 0.25) is 0 Å². The van der Waals surface area contributed by atoms with Gasteiger partial charge in [-0.05, 0) is 20.8 Å². The molecule has 0 spiro atoms. The van der Waals surface area contributed by atoms with Gasteiger partial charge in [-0.25, -0.2) is 4.79 Å². The molecule has 5 nitrogen and oxygen atoms in total. The molecule has 0 aliphatic rings. The van der Waals surface area contributed by atoms with Crippen LogP contribution in [0, 0.1) is 11.5 Å². The minimum atomic E-state index is -0.678. The molecule has 0 aromatic rings. The lowest BCUT2D eigenvalue weighted by Crippen LogP contribution is -2.31. The van der Waals surface area contributed by atoms with E-state index < -0.39 is 11.7 Å². The molecule has 15 heavy (non-hydrogen) atoms. The molecular formula is C10H17N3O2. The Bertz CT molecular complexity index is 284. The molecule has 0 radical (unpaired) electrons. The van der Waals surface area contributed by atoms with Crippen molar-refractivity contribution in [1.29, 1.82) is 5.26 Å². The van der Waals surface area contributed by atoms with Crippen LogP contribution >= 0.6 is 0 Å². The van der Waals surface area contributed by atoms with E-state index >= 15 is 0 Å². The number of carbonyl (C=O) groups is 1. The zero-order chi connectivity index (χ0) is 12.1. The van der Waals surface area contributed by atoms with Gasteiger partial charge in [0.15, 0.2) is 6.19 Å². The highest BCUT2D eigenvalue weighted by molar-refractivity contribution is 5.71. The first-order valence-corrected chi connectivity index (χ1v) is 4.53. The van der Waals surface area contributed by atoms with Crippen molar-refractivity contribution in [3.05, 3.63) is 12.4 Å². The van der Waals surface area contributed by atoms with Crippen LogP contribution in [0.1, 0.15) is 20.8 Å². The smallest absolute Gasteiger partial charge is 0.427 e. The second kappa shape index (κ2) is 5.25. The normalized spacial score (nSPS) is 10.9. The quantitative estimate of drug-likeness (QED) is 0.515. The predicted octanol–water partition coefficient (Wildman–Crippen LogP) is 1.74. The van der Waals surface area contributed by atoms with Crippen LogP contribution in [-0.2, 0) is 4.74 Å². The van der Waals surface area contributed by atoms with E-state index in [4.69, 9.17) is 10.00 Å². The molecule has 84 valence electrons. The Morgan fingerprint density at radius 2 is 1.87 bits per heavy atom. The first-order chi connectivity index (χ1) is 6.76. The summed E-state index contributed by atoms with van der Waals surface area (Å²) in [6, 6.07) is 0. The molecule has 0 aliphatic carbocycles. The third-order valence-corrected chi connectivity index (χ3v) is 1.21. The molecule has 1 amide bonds. The second-order valence-electron chi connectivity index (χ2n) is 4.21. The molecule has 0 aliphatic heterocycles. The molecule has 0 fully saturated rings. The summed E-state index contributed by atoms with van der Waals surface area (Å²) in [6.45, 7) is 5.24. The molecular weight excluding hydrogens is 194 g/mol. The lowest BCUT2D eigenvalue weighted by molar-refractivity contribution is 0.0409. The highest BCUT2D eigenvalue weighted by Gasteiger charge is 2.20. The maximum Gasteiger partial charge on any atom is 0.427 e. The van der Waals surface area contributed by atoms with Gasteiger partial charge in [0, 0.05) is 26.5 Å². The first kappa shape index (κ1) is 13.3. The van der Waals surface area contributed by atoms with Gasteiger partial charge in [0.05, 0.1) is 0 Å². The van der Waals surface area contributed by atoms with Gasteiger partial charge in [0.1, 0.15) is 5.60 Å². The summed E-state index contributed by atoms with van der Waals surface area (Å²) in [7, 11) is 3.59. The fourth-order valence-electron chi connectivity index (χ4n) is 0.646. The van der Waals surface area contributed by atoms with Crippen molar-refractivity contribution in [1.82, 2.24) is 9.80 Å². The number of nitriles is 1. The highest BCUT2D eigenvalue weighted by atomic mass is 16.6. The van der Waals surface area contributed by atoms with E-state index in [0.717, 1.165) is 4.90 Å². The number of nitrogens with zero attached hydrogens (tertiary/aromatic N) is 3. The van der Waals surface area contributed by atoms with Crippen LogP contribution in [0.3, 0.4) is 0 Å². The minimum absolute atomic E-state index is 0.599. The lowest BCUT2D eigenvalue weighted by Gasteiger charge is -2.21. The Labute approximate surface area is 90.5 Å². The van der Waals surface area contributed by atoms with Crippen molar-refractivity contribution in [2.75, 3.05) is 14.1 Å². The highest BCUT2D eigenvalue weighted by Crippen LogP contribution is 2.09. The standard InChI is InChI=1S/C10H17N3O2/c1-10(2,3)15-9(14)13(8-11)7-6-12(4)5/h6-7H,1-5H3. The van der Waals surface area contributed by atoms with E-state index in [2.05, 4.69) is 0 Å². The molecule has 0 heterocycles. The molecule has 0 aromatic heterocycles. The van der Waals surface area contributed by atoms with E-state index in [9.17, 15) is 4.79 Å². The number of hydrogen-bond donors (Lipinski definition) is 0. The predicted molar refractivity (Wildman–Crippen MR) is 56.5 cm³/mol. The fraction of sp³-hybridized carbons (Fsp3) is 0.600. The molecule has 0 bridgehead atoms. The van der Waals surface area contributed by atoms with E-state index in [1.165, 1.54) is 6.20 Å². The van der Waals surface area contributed by atoms with Crippen LogP contribution in [0.4, 0.5) is 4.79 Å². The summed E-state index contributed by atoms with van der Waals surface area (Å²) in [4.78, 5) is 14.0. The molecule has 5 heteroatoms. The third kappa shape index (κ3) is 6.38. The zero-order valence-corrected chi connectivity index (χ0v) is 9.81. The molecule has 0 unspecified atom stereocenters. The Morgan fingerprint density at radius 1 is 1.33 bits per heavy atom. The fourth-order valence-corrected chi connectivity index (χ4v) is 0.646. The average Bonchev–Trinajstić information content (AvgIpc) is 2.01. The number of carbonyl (C=O) groups excluding carboxylic acids is 1. The van der Waals surface area contributed by atoms with Gasteiger partial charge < -0.3 is 9.64 Å². The lowest BCUT2D eigenvalue weighted by atomic mass is 10.2. The van der Waals surface area contributed by atoms with Crippen molar-refractivity contribution >= 4 is 6.09 Å². The van der Waals surface area contributed by atoms with Crippen molar-refractivity contribution in [2.24, 2.45) is 0 Å². The summed E-state index contributed by atoms with van der Waals surface area (Å²) < 4.78 is 5.02. The molecule has 0 rings (SSSR count). The van der Waals surface area contributed by atoms with E-state index in [1.54, 1.807) is 52.2 Å². The maximum atomic E-state index is 11.4. The number of ether oxygens (including phenoxy) is 1. The summed E-state index contributed by atoms with van der Waals surface area (Å²) in [6.07, 6.45) is 3.99. The molecule has 0 saturated carbocycles. The summed E-state index contributed by atoms with van der Waals surface area (Å²) in [5.41, 5.74) is -0.599. The monoisotopic (exact) mass is 211 g/mol. The van der Waals surface area contributed by atoms with Gasteiger partial charge >= 0.3 is 6.09 Å². The minimum Gasteiger partial charge on any atom is -0.443 e. The first-order valence-electron chi connectivity index (χ1n) is 4.53. The van der Waals surface area contributed by atoms with Gasteiger partial charge in [-0.2, -0.15) is 10.2 Å². The van der Waals surface area contributed by atoms with Crippen molar-refractivity contribution in [3.63, 3.8) is 0 Å². The Hall–Kier alpha value is -1.70. The third-order valence-electron chi connectivity index (χ3n) is 1.21. The largest absolute Gasteiger partial charge is 0.443 e.